The van der Waals surface area contributed by atoms with Crippen LogP contribution in [0.5, 0.6) is 11.5 Å². The van der Waals surface area contributed by atoms with Gasteiger partial charge in [0.1, 0.15) is 22.4 Å². The minimum absolute atomic E-state index is 0.202. The molecule has 1 fully saturated rings. The van der Waals surface area contributed by atoms with Crippen LogP contribution < -0.4 is 9.47 Å². The van der Waals surface area contributed by atoms with Crippen molar-refractivity contribution in [3.63, 3.8) is 0 Å². The van der Waals surface area contributed by atoms with Gasteiger partial charge in [-0.05, 0) is 48.0 Å². The smallest absolute Gasteiger partial charge is 0.343 e. The summed E-state index contributed by atoms with van der Waals surface area (Å²) in [6.07, 6.45) is 1.61. The van der Waals surface area contributed by atoms with Crippen LogP contribution in [0.4, 0.5) is 0 Å². The van der Waals surface area contributed by atoms with Gasteiger partial charge in [-0.1, -0.05) is 36.1 Å². The lowest BCUT2D eigenvalue weighted by Gasteiger charge is -2.10. The molecule has 0 bridgehead atoms. The Hall–Kier alpha value is -3.17. The zero-order valence-corrected chi connectivity index (χ0v) is 16.8. The molecular formula is C20H15NO6S2. The highest BCUT2D eigenvalue weighted by Crippen LogP contribution is 2.32. The zero-order valence-electron chi connectivity index (χ0n) is 15.2. The van der Waals surface area contributed by atoms with Crippen LogP contribution in [-0.2, 0) is 9.59 Å². The van der Waals surface area contributed by atoms with Gasteiger partial charge in [0.2, 0.25) is 0 Å². The molecule has 3 rings (SSSR count). The summed E-state index contributed by atoms with van der Waals surface area (Å²) in [4.78, 5) is 36.7. The molecule has 1 N–H and O–H groups in total. The highest BCUT2D eigenvalue weighted by Gasteiger charge is 2.33. The van der Waals surface area contributed by atoms with E-state index in [0.29, 0.717) is 27.5 Å². The Morgan fingerprint density at radius 2 is 1.72 bits per heavy atom. The molecule has 0 radical (unpaired) electrons. The number of hydrogen-bond donors (Lipinski definition) is 1. The van der Waals surface area contributed by atoms with Crippen molar-refractivity contribution in [2.45, 2.75) is 0 Å². The van der Waals surface area contributed by atoms with E-state index >= 15 is 0 Å². The maximum absolute atomic E-state index is 12.3. The van der Waals surface area contributed by atoms with Crippen LogP contribution in [-0.4, -0.2) is 45.8 Å². The largest absolute Gasteiger partial charge is 0.497 e. The number of amides is 1. The van der Waals surface area contributed by atoms with E-state index in [1.807, 2.05) is 0 Å². The van der Waals surface area contributed by atoms with Crippen molar-refractivity contribution in [3.05, 3.63) is 64.6 Å². The molecule has 2 aromatic rings. The van der Waals surface area contributed by atoms with E-state index < -0.39 is 24.4 Å². The number of aliphatic carboxylic acids is 1. The van der Waals surface area contributed by atoms with E-state index in [2.05, 4.69) is 0 Å². The normalized spacial score (nSPS) is 14.9. The Labute approximate surface area is 175 Å². The molecule has 148 valence electrons. The highest BCUT2D eigenvalue weighted by molar-refractivity contribution is 8.26. The van der Waals surface area contributed by atoms with Gasteiger partial charge in [-0.15, -0.1) is 0 Å². The van der Waals surface area contributed by atoms with E-state index in [-0.39, 0.29) is 4.32 Å². The van der Waals surface area contributed by atoms with Gasteiger partial charge in [0.15, 0.2) is 0 Å². The van der Waals surface area contributed by atoms with Crippen molar-refractivity contribution >= 4 is 52.2 Å². The average molecular weight is 429 g/mol. The lowest BCUT2D eigenvalue weighted by Crippen LogP contribution is -2.33. The molecule has 0 aliphatic carbocycles. The van der Waals surface area contributed by atoms with Crippen LogP contribution in [0.1, 0.15) is 15.9 Å². The maximum atomic E-state index is 12.3. The average Bonchev–Trinajstić information content (AvgIpc) is 2.96. The van der Waals surface area contributed by atoms with Crippen molar-refractivity contribution in [2.75, 3.05) is 13.7 Å². The summed E-state index contributed by atoms with van der Waals surface area (Å²) >= 11 is 6.10. The van der Waals surface area contributed by atoms with Gasteiger partial charge in [-0.3, -0.25) is 14.5 Å². The summed E-state index contributed by atoms with van der Waals surface area (Å²) in [5.41, 5.74) is 1.07. The van der Waals surface area contributed by atoms with Crippen LogP contribution in [0.3, 0.4) is 0 Å². The monoisotopic (exact) mass is 429 g/mol. The lowest BCUT2D eigenvalue weighted by molar-refractivity contribution is -0.140. The predicted octanol–water partition coefficient (Wildman–Crippen LogP) is 3.20. The van der Waals surface area contributed by atoms with Gasteiger partial charge in [0.05, 0.1) is 17.6 Å². The first-order chi connectivity index (χ1) is 13.9. The zero-order chi connectivity index (χ0) is 21.0. The first-order valence-corrected chi connectivity index (χ1v) is 9.53. The van der Waals surface area contributed by atoms with E-state index in [0.717, 1.165) is 16.7 Å². The first-order valence-electron chi connectivity index (χ1n) is 8.31. The molecule has 29 heavy (non-hydrogen) atoms. The molecule has 0 spiro atoms. The van der Waals surface area contributed by atoms with Gasteiger partial charge in [-0.2, -0.15) is 0 Å². The van der Waals surface area contributed by atoms with Crippen LogP contribution >= 0.6 is 24.0 Å². The fraction of sp³-hybridized carbons (Fsp3) is 0.100. The third kappa shape index (κ3) is 5.01. The number of ether oxygens (including phenoxy) is 2. The predicted molar refractivity (Wildman–Crippen MR) is 112 cm³/mol. The summed E-state index contributed by atoms with van der Waals surface area (Å²) in [5.74, 6) is -1.10. The van der Waals surface area contributed by atoms with Crippen LogP contribution in [0.15, 0.2) is 53.4 Å². The second-order valence-corrected chi connectivity index (χ2v) is 7.52. The van der Waals surface area contributed by atoms with E-state index in [9.17, 15) is 14.4 Å². The molecule has 0 atom stereocenters. The van der Waals surface area contributed by atoms with Crippen molar-refractivity contribution in [2.24, 2.45) is 0 Å². The minimum Gasteiger partial charge on any atom is -0.497 e. The fourth-order valence-corrected chi connectivity index (χ4v) is 3.70. The number of carboxylic acid groups (broad SMARTS) is 1. The number of methoxy groups -OCH3 is 1. The molecule has 1 saturated heterocycles. The summed E-state index contributed by atoms with van der Waals surface area (Å²) < 4.78 is 10.6. The van der Waals surface area contributed by atoms with Gasteiger partial charge < -0.3 is 14.6 Å². The Kier molecular flexibility index (Phi) is 6.30. The van der Waals surface area contributed by atoms with Gasteiger partial charge >= 0.3 is 11.9 Å². The van der Waals surface area contributed by atoms with Crippen LogP contribution in [0.2, 0.25) is 0 Å². The fourth-order valence-electron chi connectivity index (χ4n) is 2.45. The van der Waals surface area contributed by atoms with Crippen molar-refractivity contribution in [1.29, 1.82) is 0 Å². The second-order valence-electron chi connectivity index (χ2n) is 5.85. The summed E-state index contributed by atoms with van der Waals surface area (Å²) in [6.45, 7) is -0.470. The Balaban J connectivity index is 1.67. The van der Waals surface area contributed by atoms with Crippen LogP contribution in [0.25, 0.3) is 6.08 Å². The SMILES string of the molecule is COc1ccc(C(=O)Oc2ccc(/C=C3\SC(=S)N(CC(=O)O)C3=O)cc2)cc1. The standard InChI is InChI=1S/C20H15NO6S2/c1-26-14-8-4-13(5-9-14)19(25)27-15-6-2-12(3-7-15)10-16-18(24)21(11-17(22)23)20(28)29-16/h2-10H,11H2,1H3,(H,22,23)/b16-10-. The van der Waals surface area contributed by atoms with Crippen molar-refractivity contribution < 1.29 is 29.0 Å². The lowest BCUT2D eigenvalue weighted by atomic mass is 10.2. The maximum Gasteiger partial charge on any atom is 0.343 e. The number of hydrogen-bond acceptors (Lipinski definition) is 7. The van der Waals surface area contributed by atoms with E-state index in [1.165, 1.54) is 0 Å². The number of carbonyl (C=O) groups excluding carboxylic acids is 2. The molecule has 1 aliphatic rings. The van der Waals surface area contributed by atoms with Gasteiger partial charge in [-0.25, -0.2) is 4.79 Å². The second kappa shape index (κ2) is 8.89. The van der Waals surface area contributed by atoms with Crippen molar-refractivity contribution in [1.82, 2.24) is 4.90 Å². The molecular weight excluding hydrogens is 414 g/mol. The Morgan fingerprint density at radius 1 is 1.10 bits per heavy atom. The van der Waals surface area contributed by atoms with Gasteiger partial charge in [0, 0.05) is 0 Å². The number of thioether (sulfide) groups is 1. The molecule has 0 aromatic heterocycles. The first kappa shape index (κ1) is 20.6. The van der Waals surface area contributed by atoms with E-state index in [4.69, 9.17) is 26.8 Å². The van der Waals surface area contributed by atoms with Gasteiger partial charge in [0.25, 0.3) is 5.91 Å². The van der Waals surface area contributed by atoms with Crippen molar-refractivity contribution in [3.8, 4) is 11.5 Å². The minimum atomic E-state index is -1.13. The third-order valence-corrected chi connectivity index (χ3v) is 5.26. The summed E-state index contributed by atoms with van der Waals surface area (Å²) in [7, 11) is 1.54. The molecule has 2 aromatic carbocycles. The molecule has 1 heterocycles. The third-order valence-electron chi connectivity index (χ3n) is 3.88. The molecule has 7 nitrogen and oxygen atoms in total. The molecule has 0 unspecified atom stereocenters. The molecule has 1 amide bonds. The number of nitrogens with zero attached hydrogens (tertiary/aromatic N) is 1. The summed E-state index contributed by atoms with van der Waals surface area (Å²) in [5, 5.41) is 8.87. The number of thiocarbonyl (C=S) groups is 1. The number of rotatable bonds is 6. The number of carboxylic acids is 1. The summed E-state index contributed by atoms with van der Waals surface area (Å²) in [6, 6.07) is 13.1. The quantitative estimate of drug-likeness (QED) is 0.324. The number of esters is 1. The topological polar surface area (TPSA) is 93.1 Å². The Morgan fingerprint density at radius 3 is 2.31 bits per heavy atom. The number of benzene rings is 2. The number of carbonyl (C=O) groups is 3. The molecule has 1 aliphatic heterocycles. The van der Waals surface area contributed by atoms with Crippen LogP contribution in [0, 0.1) is 0 Å². The molecule has 9 heteroatoms. The highest BCUT2D eigenvalue weighted by atomic mass is 32.2. The molecule has 0 saturated carbocycles. The Bertz CT molecular complexity index is 999. The van der Waals surface area contributed by atoms with E-state index in [1.54, 1.807) is 61.7 Å².